The third-order valence-corrected chi connectivity index (χ3v) is 8.28. The van der Waals surface area contributed by atoms with Crippen molar-refractivity contribution >= 4 is 65.7 Å². The lowest BCUT2D eigenvalue weighted by molar-refractivity contribution is 0.256. The van der Waals surface area contributed by atoms with Crippen LogP contribution in [0.15, 0.2) is 22.4 Å². The van der Waals surface area contributed by atoms with Crippen molar-refractivity contribution in [1.29, 1.82) is 0 Å². The topological polar surface area (TPSA) is 108 Å². The van der Waals surface area contributed by atoms with Crippen LogP contribution in [0.3, 0.4) is 0 Å². The van der Waals surface area contributed by atoms with E-state index in [0.29, 0.717) is 17.0 Å². The molecule has 0 bridgehead atoms. The first kappa shape index (κ1) is 20.0. The lowest BCUT2D eigenvalue weighted by atomic mass is 10.2. The van der Waals surface area contributed by atoms with Gasteiger partial charge >= 0.3 is 6.03 Å². The van der Waals surface area contributed by atoms with Crippen LogP contribution < -0.4 is 10.0 Å². The number of sulfonamides is 1. The van der Waals surface area contributed by atoms with Crippen LogP contribution in [0.2, 0.25) is 5.02 Å². The van der Waals surface area contributed by atoms with Gasteiger partial charge in [-0.15, -0.1) is 11.3 Å². The molecular weight excluding hydrogens is 430 g/mol. The molecule has 0 atom stereocenters. The summed E-state index contributed by atoms with van der Waals surface area (Å²) in [6, 6.07) is 4.14. The largest absolute Gasteiger partial charge is 0.396 e. The van der Waals surface area contributed by atoms with Crippen molar-refractivity contribution in [2.45, 2.75) is 24.5 Å². The van der Waals surface area contributed by atoms with Crippen LogP contribution in [-0.4, -0.2) is 31.1 Å². The van der Waals surface area contributed by atoms with Gasteiger partial charge in [0.1, 0.15) is 4.21 Å². The molecule has 3 N–H and O–H groups in total. The summed E-state index contributed by atoms with van der Waals surface area (Å²) < 4.78 is 27.6. The van der Waals surface area contributed by atoms with E-state index in [0.717, 1.165) is 32.0 Å². The van der Waals surface area contributed by atoms with Crippen molar-refractivity contribution in [2.75, 3.05) is 11.9 Å². The number of carbonyl (C=O) groups is 1. The quantitative estimate of drug-likeness (QED) is 0.555. The summed E-state index contributed by atoms with van der Waals surface area (Å²) in [5, 5.41) is 12.2. The first-order chi connectivity index (χ1) is 12.7. The summed E-state index contributed by atoms with van der Waals surface area (Å²) in [4.78, 5) is 17.2. The van der Waals surface area contributed by atoms with Gasteiger partial charge in [-0.1, -0.05) is 29.0 Å². The molecule has 2 amide bonds. The zero-order chi connectivity index (χ0) is 19.8. The number of hydrogen-bond donors (Lipinski definition) is 3. The van der Waals surface area contributed by atoms with Gasteiger partial charge < -0.3 is 5.11 Å². The number of aromatic nitrogens is 1. The van der Waals surface area contributed by atoms with Gasteiger partial charge in [-0.25, -0.2) is 22.9 Å². The molecule has 7 nitrogen and oxygen atoms in total. The average Bonchev–Trinajstić information content (AvgIpc) is 3.16. The Morgan fingerprint density at radius 2 is 2.00 bits per heavy atom. The maximum Gasteiger partial charge on any atom is 0.334 e. The molecule has 1 aromatic carbocycles. The summed E-state index contributed by atoms with van der Waals surface area (Å²) in [6.45, 7) is 3.55. The molecule has 0 radical (unpaired) electrons. The number of anilines is 1. The second kappa shape index (κ2) is 7.72. The van der Waals surface area contributed by atoms with Crippen molar-refractivity contribution in [2.24, 2.45) is 0 Å². The van der Waals surface area contributed by atoms with Crippen molar-refractivity contribution in [1.82, 2.24) is 9.71 Å². The fourth-order valence-corrected chi connectivity index (χ4v) is 6.12. The molecule has 0 aliphatic carbocycles. The van der Waals surface area contributed by atoms with Gasteiger partial charge in [0.15, 0.2) is 5.13 Å². The van der Waals surface area contributed by atoms with E-state index in [1.807, 2.05) is 17.7 Å². The van der Waals surface area contributed by atoms with E-state index in [2.05, 4.69) is 10.3 Å². The highest BCUT2D eigenvalue weighted by Crippen LogP contribution is 2.34. The smallest absolute Gasteiger partial charge is 0.334 e. The molecule has 0 aliphatic rings. The van der Waals surface area contributed by atoms with Crippen LogP contribution in [0.4, 0.5) is 9.93 Å². The highest BCUT2D eigenvalue weighted by Gasteiger charge is 2.22. The highest BCUT2D eigenvalue weighted by atomic mass is 35.5. The number of halogens is 1. The number of amides is 2. The zero-order valence-electron chi connectivity index (χ0n) is 14.4. The number of benzene rings is 1. The Morgan fingerprint density at radius 3 is 2.67 bits per heavy atom. The Balaban J connectivity index is 1.78. The Labute approximate surface area is 169 Å². The van der Waals surface area contributed by atoms with E-state index in [9.17, 15) is 13.2 Å². The maximum atomic E-state index is 12.4. The van der Waals surface area contributed by atoms with Gasteiger partial charge in [0.05, 0.1) is 15.2 Å². The molecular formula is C16H16ClN3O4S3. The van der Waals surface area contributed by atoms with E-state index in [4.69, 9.17) is 16.7 Å². The number of aliphatic hydroxyl groups is 1. The molecule has 2 aromatic heterocycles. The van der Waals surface area contributed by atoms with Gasteiger partial charge in [-0.3, -0.25) is 5.32 Å². The van der Waals surface area contributed by atoms with Gasteiger partial charge in [0, 0.05) is 17.9 Å². The molecule has 0 aliphatic heterocycles. The monoisotopic (exact) mass is 445 g/mol. The second-order valence-corrected chi connectivity index (χ2v) is 10.2. The van der Waals surface area contributed by atoms with E-state index < -0.39 is 16.1 Å². The number of thiazole rings is 1. The summed E-state index contributed by atoms with van der Waals surface area (Å²) in [6.07, 6.45) is 0.365. The summed E-state index contributed by atoms with van der Waals surface area (Å²) >= 11 is 8.33. The van der Waals surface area contributed by atoms with Crippen molar-refractivity contribution < 1.29 is 18.3 Å². The van der Waals surface area contributed by atoms with E-state index >= 15 is 0 Å². The lowest BCUT2D eigenvalue weighted by Crippen LogP contribution is -2.33. The van der Waals surface area contributed by atoms with Crippen molar-refractivity contribution in [3.05, 3.63) is 39.2 Å². The standard InChI is InChI=1S/C16H16ClN3O4S3/c1-8-3-4-10(17)14-13(8)18-16(26-14)19-15(22)20-27(23,24)12-7-9(2)11(25-12)5-6-21/h3-4,7,21H,5-6H2,1-2H3,(H2,18,19,20,22). The van der Waals surface area contributed by atoms with E-state index in [1.54, 1.807) is 13.0 Å². The van der Waals surface area contributed by atoms with Crippen molar-refractivity contribution in [3.8, 4) is 0 Å². The number of nitrogens with zero attached hydrogens (tertiary/aromatic N) is 1. The third-order valence-electron chi connectivity index (χ3n) is 3.75. The molecule has 3 aromatic rings. The minimum absolute atomic E-state index is 0.0155. The highest BCUT2D eigenvalue weighted by molar-refractivity contribution is 7.92. The van der Waals surface area contributed by atoms with Crippen LogP contribution in [0.5, 0.6) is 0 Å². The zero-order valence-corrected chi connectivity index (χ0v) is 17.6. The number of thiophene rings is 1. The Hall–Kier alpha value is -1.72. The first-order valence-electron chi connectivity index (χ1n) is 7.81. The maximum absolute atomic E-state index is 12.4. The van der Waals surface area contributed by atoms with Crippen LogP contribution >= 0.6 is 34.3 Å². The van der Waals surface area contributed by atoms with Gasteiger partial charge in [0.2, 0.25) is 0 Å². The number of aryl methyl sites for hydroxylation is 2. The summed E-state index contributed by atoms with van der Waals surface area (Å²) in [5.74, 6) is 0. The van der Waals surface area contributed by atoms with Crippen LogP contribution in [0.1, 0.15) is 16.0 Å². The molecule has 144 valence electrons. The summed E-state index contributed by atoms with van der Waals surface area (Å²) in [5.41, 5.74) is 2.32. The number of fused-ring (bicyclic) bond motifs is 1. The number of aliphatic hydroxyl groups excluding tert-OH is 1. The molecule has 0 saturated carbocycles. The van der Waals surface area contributed by atoms with Crippen LogP contribution in [0, 0.1) is 13.8 Å². The average molecular weight is 446 g/mol. The fraction of sp³-hybridized carbons (Fsp3) is 0.250. The fourth-order valence-electron chi connectivity index (χ4n) is 2.42. The molecule has 11 heteroatoms. The number of urea groups is 1. The molecule has 27 heavy (non-hydrogen) atoms. The molecule has 0 fully saturated rings. The molecule has 0 unspecified atom stereocenters. The van der Waals surface area contributed by atoms with Crippen LogP contribution in [0.25, 0.3) is 10.2 Å². The van der Waals surface area contributed by atoms with E-state index in [-0.39, 0.29) is 15.9 Å². The van der Waals surface area contributed by atoms with Crippen LogP contribution in [-0.2, 0) is 16.4 Å². The third kappa shape index (κ3) is 4.25. The summed E-state index contributed by atoms with van der Waals surface area (Å²) in [7, 11) is -4.02. The number of hydrogen-bond acceptors (Lipinski definition) is 7. The predicted molar refractivity (Wildman–Crippen MR) is 109 cm³/mol. The number of rotatable bonds is 5. The number of nitrogens with one attached hydrogen (secondary N) is 2. The first-order valence-corrected chi connectivity index (χ1v) is 11.3. The molecule has 0 spiro atoms. The minimum atomic E-state index is -4.02. The van der Waals surface area contributed by atoms with Gasteiger partial charge in [0.25, 0.3) is 10.0 Å². The Bertz CT molecular complexity index is 1080. The SMILES string of the molecule is Cc1cc(S(=O)(=O)NC(=O)Nc2nc3c(C)ccc(Cl)c3s2)sc1CCO. The minimum Gasteiger partial charge on any atom is -0.396 e. The van der Waals surface area contributed by atoms with Crippen molar-refractivity contribution in [3.63, 3.8) is 0 Å². The lowest BCUT2D eigenvalue weighted by Gasteiger charge is -2.04. The molecule has 2 heterocycles. The number of carbonyl (C=O) groups excluding carboxylic acids is 1. The molecule has 0 saturated heterocycles. The normalized spacial score (nSPS) is 11.7. The Kier molecular flexibility index (Phi) is 5.73. The molecule has 3 rings (SSSR count). The second-order valence-electron chi connectivity index (χ2n) is 5.77. The predicted octanol–water partition coefficient (Wildman–Crippen LogP) is 3.67. The van der Waals surface area contributed by atoms with E-state index in [1.165, 1.54) is 17.4 Å². The van der Waals surface area contributed by atoms with Gasteiger partial charge in [-0.05, 0) is 37.1 Å². The van der Waals surface area contributed by atoms with Gasteiger partial charge in [-0.2, -0.15) is 0 Å². The Morgan fingerprint density at radius 1 is 1.26 bits per heavy atom.